The number of carboxylic acids is 3. The molecule has 0 rings (SSSR count). The fraction of sp³-hybridized carbons (Fsp3) is 0.429. The first kappa shape index (κ1) is 26.9. The van der Waals surface area contributed by atoms with E-state index in [0.29, 0.717) is 0 Å². The number of hydrogen-bond donors (Lipinski definition) is 3. The summed E-state index contributed by atoms with van der Waals surface area (Å²) in [5, 5.41) is 52.2. The maximum Gasteiger partial charge on any atom is 2.00 e. The molecule has 3 N–H and O–H groups in total. The normalized spacial score (nSPS) is 11.2. The molecule has 0 fully saturated rings. The van der Waals surface area contributed by atoms with Gasteiger partial charge in [0.2, 0.25) is 0 Å². The number of carboxylic acid groups (broad SMARTS) is 5. The van der Waals surface area contributed by atoms with Gasteiger partial charge in [0.05, 0.1) is 6.42 Å². The SMILES string of the molecule is O=C([O-])CC(O)(CC(=O)O)C(=O)O.O=C([O-])[O-].[Mg+2].[Na+]. The third-order valence-electron chi connectivity index (χ3n) is 1.28. The van der Waals surface area contributed by atoms with Crippen LogP contribution in [0.2, 0.25) is 0 Å². The summed E-state index contributed by atoms with van der Waals surface area (Å²) < 4.78 is 0. The van der Waals surface area contributed by atoms with Crippen molar-refractivity contribution in [2.24, 2.45) is 0 Å². The Morgan fingerprint density at radius 2 is 1.26 bits per heavy atom. The van der Waals surface area contributed by atoms with Gasteiger partial charge in [-0.3, -0.25) is 4.79 Å². The summed E-state index contributed by atoms with van der Waals surface area (Å²) in [5.41, 5.74) is -2.80. The molecule has 0 aliphatic rings. The second-order valence-corrected chi connectivity index (χ2v) is 2.71. The number of carbonyl (C=O) groups is 4. The summed E-state index contributed by atoms with van der Waals surface area (Å²) in [6.07, 6.45) is -4.77. The van der Waals surface area contributed by atoms with E-state index >= 15 is 0 Å². The minimum absolute atomic E-state index is 0. The van der Waals surface area contributed by atoms with E-state index in [9.17, 15) is 19.5 Å². The van der Waals surface area contributed by atoms with Crippen LogP contribution in [-0.2, 0) is 14.4 Å². The molecule has 19 heavy (non-hydrogen) atoms. The molecule has 0 aromatic carbocycles. The van der Waals surface area contributed by atoms with Crippen LogP contribution in [0.25, 0.3) is 0 Å². The van der Waals surface area contributed by atoms with Crippen LogP contribution in [0.4, 0.5) is 4.79 Å². The van der Waals surface area contributed by atoms with Crippen LogP contribution in [-0.4, -0.2) is 68.0 Å². The summed E-state index contributed by atoms with van der Waals surface area (Å²) in [7, 11) is 0. The molecule has 0 radical (unpaired) electrons. The summed E-state index contributed by atoms with van der Waals surface area (Å²) in [5.74, 6) is -5.34. The molecule has 0 amide bonds. The van der Waals surface area contributed by atoms with Gasteiger partial charge in [-0.1, -0.05) is 0 Å². The number of aliphatic carboxylic acids is 3. The van der Waals surface area contributed by atoms with Gasteiger partial charge < -0.3 is 40.2 Å². The van der Waals surface area contributed by atoms with Crippen molar-refractivity contribution in [1.82, 2.24) is 0 Å². The molecule has 0 aromatic heterocycles. The Balaban J connectivity index is -0.000000165. The Morgan fingerprint density at radius 3 is 1.42 bits per heavy atom. The van der Waals surface area contributed by atoms with Crippen LogP contribution in [0.3, 0.4) is 0 Å². The van der Waals surface area contributed by atoms with E-state index in [1.54, 1.807) is 0 Å². The first-order valence-electron chi connectivity index (χ1n) is 3.76. The molecular formula is C7H7MgNaO10. The van der Waals surface area contributed by atoms with E-state index in [2.05, 4.69) is 0 Å². The fourth-order valence-electron chi connectivity index (χ4n) is 0.703. The summed E-state index contributed by atoms with van der Waals surface area (Å²) >= 11 is 0. The minimum atomic E-state index is -2.80. The van der Waals surface area contributed by atoms with Crippen molar-refractivity contribution >= 4 is 47.1 Å². The van der Waals surface area contributed by atoms with Crippen molar-refractivity contribution < 1.29 is 79.4 Å². The van der Waals surface area contributed by atoms with E-state index in [4.69, 9.17) is 30.3 Å². The average Bonchev–Trinajstić information content (AvgIpc) is 1.98. The van der Waals surface area contributed by atoms with Gasteiger partial charge >= 0.3 is 64.5 Å². The van der Waals surface area contributed by atoms with Gasteiger partial charge in [-0.25, -0.2) is 4.79 Å². The molecular weight excluding hydrogens is 291 g/mol. The summed E-state index contributed by atoms with van der Waals surface area (Å²) in [6.45, 7) is 0. The van der Waals surface area contributed by atoms with Gasteiger partial charge in [-0.2, -0.15) is 0 Å². The summed E-state index contributed by atoms with van der Waals surface area (Å²) in [6, 6.07) is 0. The van der Waals surface area contributed by atoms with Crippen molar-refractivity contribution in [1.29, 1.82) is 0 Å². The topological polar surface area (TPSA) is 198 Å². The zero-order valence-electron chi connectivity index (χ0n) is 9.82. The minimum Gasteiger partial charge on any atom is -0.652 e. The molecule has 0 saturated carbocycles. The van der Waals surface area contributed by atoms with E-state index in [1.165, 1.54) is 0 Å². The molecule has 1 atom stereocenters. The Bertz CT molecular complexity index is 310. The number of aliphatic hydroxyl groups is 1. The smallest absolute Gasteiger partial charge is 0.652 e. The van der Waals surface area contributed by atoms with Crippen LogP contribution in [0.15, 0.2) is 0 Å². The maximum atomic E-state index is 10.3. The predicted molar refractivity (Wildman–Crippen MR) is 45.6 cm³/mol. The quantitative estimate of drug-likeness (QED) is 0.409. The molecule has 0 aliphatic heterocycles. The van der Waals surface area contributed by atoms with E-state index in [0.717, 1.165) is 0 Å². The number of rotatable bonds is 5. The Hall–Kier alpha value is -0.594. The van der Waals surface area contributed by atoms with Crippen LogP contribution >= 0.6 is 0 Å². The predicted octanol–water partition coefficient (Wildman–Crippen LogP) is -8.41. The number of carbonyl (C=O) groups excluding carboxylic acids is 2. The molecule has 0 aliphatic carbocycles. The van der Waals surface area contributed by atoms with E-state index in [1.807, 2.05) is 0 Å². The van der Waals surface area contributed by atoms with E-state index in [-0.39, 0.29) is 52.6 Å². The third kappa shape index (κ3) is 17.4. The Morgan fingerprint density at radius 1 is 0.947 bits per heavy atom. The maximum absolute atomic E-state index is 10.3. The van der Waals surface area contributed by atoms with Gasteiger partial charge in [0, 0.05) is 12.4 Å². The average molecular weight is 298 g/mol. The van der Waals surface area contributed by atoms with Crippen molar-refractivity contribution in [3.8, 4) is 0 Å². The molecule has 98 valence electrons. The number of hydrogen-bond acceptors (Lipinski definition) is 8. The second-order valence-electron chi connectivity index (χ2n) is 2.71. The van der Waals surface area contributed by atoms with Gasteiger partial charge in [-0.15, -0.1) is 0 Å². The molecule has 0 heterocycles. The zero-order chi connectivity index (χ0) is 14.2. The molecule has 10 nitrogen and oxygen atoms in total. The summed E-state index contributed by atoms with van der Waals surface area (Å²) in [4.78, 5) is 38.7. The van der Waals surface area contributed by atoms with Crippen LogP contribution in [0, 0.1) is 0 Å². The van der Waals surface area contributed by atoms with Crippen LogP contribution in [0.5, 0.6) is 0 Å². The van der Waals surface area contributed by atoms with Gasteiger partial charge in [-0.05, 0) is 6.16 Å². The molecule has 0 saturated heterocycles. The molecule has 0 bridgehead atoms. The van der Waals surface area contributed by atoms with Crippen molar-refractivity contribution in [2.75, 3.05) is 0 Å². The molecule has 1 unspecified atom stereocenters. The Labute approximate surface area is 144 Å². The first-order chi connectivity index (χ1) is 7.51. The fourth-order valence-corrected chi connectivity index (χ4v) is 0.703. The largest absolute Gasteiger partial charge is 2.00 e. The van der Waals surface area contributed by atoms with Gasteiger partial charge in [0.25, 0.3) is 0 Å². The molecule has 0 aromatic rings. The second kappa shape index (κ2) is 12.4. The Kier molecular flexibility index (Phi) is 17.6. The molecule has 12 heteroatoms. The standard InChI is InChI=1S/C6H8O7.CH2O3.Mg.Na/c7-3(8)1-6(13,5(11)12)2-4(9)10;2-1(3)4;;/h13H,1-2H2,(H,7,8)(H,9,10)(H,11,12);(H2,2,3,4);;/q;;+2;+1/p-3. The first-order valence-corrected chi connectivity index (χ1v) is 3.76. The van der Waals surface area contributed by atoms with Crippen LogP contribution < -0.4 is 44.9 Å². The zero-order valence-corrected chi connectivity index (χ0v) is 13.2. The third-order valence-corrected chi connectivity index (χ3v) is 1.28. The van der Waals surface area contributed by atoms with Crippen molar-refractivity contribution in [3.05, 3.63) is 0 Å². The van der Waals surface area contributed by atoms with Gasteiger partial charge in [0.15, 0.2) is 5.60 Å². The van der Waals surface area contributed by atoms with Crippen molar-refractivity contribution in [2.45, 2.75) is 18.4 Å². The van der Waals surface area contributed by atoms with Crippen molar-refractivity contribution in [3.63, 3.8) is 0 Å². The van der Waals surface area contributed by atoms with Crippen LogP contribution in [0.1, 0.15) is 12.8 Å². The van der Waals surface area contributed by atoms with E-state index < -0.39 is 42.5 Å². The monoisotopic (exact) mass is 298 g/mol. The van der Waals surface area contributed by atoms with Gasteiger partial charge in [0.1, 0.15) is 0 Å². The molecule has 0 spiro atoms.